The molecule has 17 heavy (non-hydrogen) atoms. The van der Waals surface area contributed by atoms with E-state index in [1.165, 1.54) is 0 Å². The fraction of sp³-hybridized carbons (Fsp3) is 0.462. The number of rotatable bonds is 6. The minimum Gasteiger partial charge on any atom is -0.396 e. The van der Waals surface area contributed by atoms with Crippen LogP contribution >= 0.6 is 11.6 Å². The second kappa shape index (κ2) is 7.30. The summed E-state index contributed by atoms with van der Waals surface area (Å²) in [7, 11) is 1.78. The molecule has 0 aliphatic rings. The van der Waals surface area contributed by atoms with Gasteiger partial charge >= 0.3 is 0 Å². The summed E-state index contributed by atoms with van der Waals surface area (Å²) in [5.41, 5.74) is 1.02. The van der Waals surface area contributed by atoms with Crippen molar-refractivity contribution in [3.63, 3.8) is 0 Å². The van der Waals surface area contributed by atoms with Gasteiger partial charge in [-0.25, -0.2) is 0 Å². The van der Waals surface area contributed by atoms with Crippen molar-refractivity contribution >= 4 is 17.5 Å². The molecule has 94 valence electrons. The van der Waals surface area contributed by atoms with E-state index in [1.807, 2.05) is 24.3 Å². The highest BCUT2D eigenvalue weighted by molar-refractivity contribution is 6.30. The minimum absolute atomic E-state index is 0.0958. The first-order valence-corrected chi connectivity index (χ1v) is 6.10. The number of carbonyl (C=O) groups is 1. The van der Waals surface area contributed by atoms with Crippen LogP contribution in [0, 0.1) is 0 Å². The maximum Gasteiger partial charge on any atom is 0.222 e. The van der Waals surface area contributed by atoms with Crippen LogP contribution in [0.1, 0.15) is 24.8 Å². The number of benzene rings is 1. The van der Waals surface area contributed by atoms with Gasteiger partial charge in [0.2, 0.25) is 5.91 Å². The van der Waals surface area contributed by atoms with Crippen LogP contribution in [0.25, 0.3) is 0 Å². The second-order valence-corrected chi connectivity index (χ2v) is 4.50. The molecule has 3 nitrogen and oxygen atoms in total. The molecule has 1 amide bonds. The van der Waals surface area contributed by atoms with Gasteiger partial charge in [0.1, 0.15) is 0 Å². The van der Waals surface area contributed by atoms with E-state index in [-0.39, 0.29) is 12.5 Å². The molecule has 0 aliphatic carbocycles. The van der Waals surface area contributed by atoms with E-state index in [1.54, 1.807) is 11.9 Å². The summed E-state index contributed by atoms with van der Waals surface area (Å²) >= 11 is 5.88. The van der Waals surface area contributed by atoms with Crippen molar-refractivity contribution in [2.24, 2.45) is 0 Å². The number of aliphatic hydroxyl groups excluding tert-OH is 1. The van der Waals surface area contributed by atoms with E-state index in [2.05, 4.69) is 0 Å². The van der Waals surface area contributed by atoms with Crippen molar-refractivity contribution in [2.45, 2.75) is 25.8 Å². The molecule has 4 heteroatoms. The number of unbranched alkanes of at least 4 members (excludes halogenated alkanes) is 1. The summed E-state index contributed by atoms with van der Waals surface area (Å²) in [5, 5.41) is 9.33. The Morgan fingerprint density at radius 1 is 1.41 bits per heavy atom. The Morgan fingerprint density at radius 2 is 2.18 bits per heavy atom. The van der Waals surface area contributed by atoms with Crippen molar-refractivity contribution in [1.29, 1.82) is 0 Å². The first kappa shape index (κ1) is 14.0. The average molecular weight is 256 g/mol. The van der Waals surface area contributed by atoms with Gasteiger partial charge in [0.05, 0.1) is 0 Å². The summed E-state index contributed by atoms with van der Waals surface area (Å²) in [4.78, 5) is 13.4. The van der Waals surface area contributed by atoms with Crippen LogP contribution in [0.5, 0.6) is 0 Å². The number of amides is 1. The number of aliphatic hydroxyl groups is 1. The zero-order valence-electron chi connectivity index (χ0n) is 10.0. The van der Waals surface area contributed by atoms with Crippen LogP contribution in [-0.2, 0) is 11.3 Å². The highest BCUT2D eigenvalue weighted by atomic mass is 35.5. The van der Waals surface area contributed by atoms with Crippen LogP contribution in [0.2, 0.25) is 5.02 Å². The molecule has 0 fully saturated rings. The van der Waals surface area contributed by atoms with E-state index < -0.39 is 0 Å². The Labute approximate surface area is 107 Å². The zero-order chi connectivity index (χ0) is 12.7. The minimum atomic E-state index is 0.0958. The first-order valence-electron chi connectivity index (χ1n) is 5.72. The van der Waals surface area contributed by atoms with Crippen molar-refractivity contribution in [2.75, 3.05) is 13.7 Å². The molecule has 0 atom stereocenters. The maximum absolute atomic E-state index is 11.7. The molecule has 1 aromatic carbocycles. The fourth-order valence-corrected chi connectivity index (χ4v) is 1.79. The van der Waals surface area contributed by atoms with Crippen LogP contribution in [0.15, 0.2) is 24.3 Å². The molecular formula is C13H18ClNO2. The highest BCUT2D eigenvalue weighted by Crippen LogP contribution is 2.12. The van der Waals surface area contributed by atoms with E-state index in [4.69, 9.17) is 16.7 Å². The summed E-state index contributed by atoms with van der Waals surface area (Å²) in [5.74, 6) is 0.0958. The van der Waals surface area contributed by atoms with E-state index in [9.17, 15) is 4.79 Å². The molecule has 0 bridgehead atoms. The molecule has 1 rings (SSSR count). The predicted octanol–water partition coefficient (Wildman–Crippen LogP) is 2.46. The lowest BCUT2D eigenvalue weighted by atomic mass is 10.2. The molecule has 0 aromatic heterocycles. The van der Waals surface area contributed by atoms with Gasteiger partial charge in [0.15, 0.2) is 0 Å². The van der Waals surface area contributed by atoms with Gasteiger partial charge in [-0.05, 0) is 30.5 Å². The normalized spacial score (nSPS) is 10.3. The van der Waals surface area contributed by atoms with Gasteiger partial charge in [-0.3, -0.25) is 4.79 Å². The third-order valence-corrected chi connectivity index (χ3v) is 2.77. The topological polar surface area (TPSA) is 40.5 Å². The molecule has 0 aliphatic heterocycles. The molecule has 1 aromatic rings. The van der Waals surface area contributed by atoms with Crippen LogP contribution in [0.4, 0.5) is 0 Å². The molecule has 0 spiro atoms. The average Bonchev–Trinajstić information content (AvgIpc) is 2.29. The zero-order valence-corrected chi connectivity index (χ0v) is 10.8. The van der Waals surface area contributed by atoms with E-state index in [0.717, 1.165) is 12.0 Å². The smallest absolute Gasteiger partial charge is 0.222 e. The van der Waals surface area contributed by atoms with Crippen LogP contribution in [0.3, 0.4) is 0 Å². The van der Waals surface area contributed by atoms with Gasteiger partial charge in [-0.2, -0.15) is 0 Å². The maximum atomic E-state index is 11.7. The summed E-state index contributed by atoms with van der Waals surface area (Å²) in [6, 6.07) is 7.50. The lowest BCUT2D eigenvalue weighted by molar-refractivity contribution is -0.130. The summed E-state index contributed by atoms with van der Waals surface area (Å²) in [6.45, 7) is 0.712. The third kappa shape index (κ3) is 5.20. The molecule has 1 N–H and O–H groups in total. The van der Waals surface area contributed by atoms with Crippen molar-refractivity contribution < 1.29 is 9.90 Å². The van der Waals surface area contributed by atoms with E-state index >= 15 is 0 Å². The van der Waals surface area contributed by atoms with Gasteiger partial charge in [-0.15, -0.1) is 0 Å². The Bertz CT molecular complexity index is 368. The van der Waals surface area contributed by atoms with Gasteiger partial charge in [0.25, 0.3) is 0 Å². The predicted molar refractivity (Wildman–Crippen MR) is 68.9 cm³/mol. The second-order valence-electron chi connectivity index (χ2n) is 4.06. The lowest BCUT2D eigenvalue weighted by Gasteiger charge is -2.17. The summed E-state index contributed by atoms with van der Waals surface area (Å²) < 4.78 is 0. The van der Waals surface area contributed by atoms with Crippen molar-refractivity contribution in [3.05, 3.63) is 34.9 Å². The van der Waals surface area contributed by atoms with Crippen molar-refractivity contribution in [3.8, 4) is 0 Å². The fourth-order valence-electron chi connectivity index (χ4n) is 1.58. The van der Waals surface area contributed by atoms with Gasteiger partial charge < -0.3 is 10.0 Å². The number of hydrogen-bond acceptors (Lipinski definition) is 2. The third-order valence-electron chi connectivity index (χ3n) is 2.53. The Morgan fingerprint density at radius 3 is 2.82 bits per heavy atom. The molecule has 0 heterocycles. The highest BCUT2D eigenvalue weighted by Gasteiger charge is 2.08. The quantitative estimate of drug-likeness (QED) is 0.794. The monoisotopic (exact) mass is 255 g/mol. The van der Waals surface area contributed by atoms with Crippen LogP contribution < -0.4 is 0 Å². The molecule has 0 saturated carbocycles. The Kier molecular flexibility index (Phi) is 6.01. The number of hydrogen-bond donors (Lipinski definition) is 1. The van der Waals surface area contributed by atoms with Gasteiger partial charge in [-0.1, -0.05) is 23.7 Å². The Hall–Kier alpha value is -1.06. The number of carbonyl (C=O) groups excluding carboxylic acids is 1. The Balaban J connectivity index is 2.43. The first-order chi connectivity index (χ1) is 8.13. The molecule has 0 unspecified atom stereocenters. The van der Waals surface area contributed by atoms with Crippen molar-refractivity contribution in [1.82, 2.24) is 4.90 Å². The molecular weight excluding hydrogens is 238 g/mol. The standard InChI is InChI=1S/C13H18ClNO2/c1-15(13(17)7-2-3-8-16)10-11-5-4-6-12(14)9-11/h4-6,9,16H,2-3,7-8,10H2,1H3. The molecule has 0 radical (unpaired) electrons. The number of halogens is 1. The van der Waals surface area contributed by atoms with E-state index in [0.29, 0.717) is 24.4 Å². The van der Waals surface area contributed by atoms with Gasteiger partial charge in [0, 0.05) is 31.6 Å². The lowest BCUT2D eigenvalue weighted by Crippen LogP contribution is -2.25. The SMILES string of the molecule is CN(Cc1cccc(Cl)c1)C(=O)CCCCO. The van der Waals surface area contributed by atoms with Crippen LogP contribution in [-0.4, -0.2) is 29.6 Å². The summed E-state index contributed by atoms with van der Waals surface area (Å²) in [6.07, 6.45) is 1.89. The number of nitrogens with zero attached hydrogens (tertiary/aromatic N) is 1. The largest absolute Gasteiger partial charge is 0.396 e. The molecule has 0 saturated heterocycles.